The summed E-state index contributed by atoms with van der Waals surface area (Å²) < 4.78 is 5.60. The molecule has 0 aliphatic carbocycles. The summed E-state index contributed by atoms with van der Waals surface area (Å²) in [6.45, 7) is 6.51. The van der Waals surface area contributed by atoms with Crippen molar-refractivity contribution < 1.29 is 4.74 Å². The molecule has 170 valence electrons. The summed E-state index contributed by atoms with van der Waals surface area (Å²) in [4.78, 5) is 7.19. The number of guanidine groups is 1. The Morgan fingerprint density at radius 1 is 0.939 bits per heavy atom. The minimum atomic E-state index is 0.0714. The third kappa shape index (κ3) is 5.64. The highest BCUT2D eigenvalue weighted by Gasteiger charge is 2.30. The van der Waals surface area contributed by atoms with E-state index < -0.39 is 0 Å². The quantitative estimate of drug-likeness (QED) is 0.462. The van der Waals surface area contributed by atoms with Gasteiger partial charge >= 0.3 is 0 Å². The number of benzene rings is 3. The number of aryl methyl sites for hydroxylation is 2. The maximum atomic E-state index is 5.60. The van der Waals surface area contributed by atoms with Crippen LogP contribution in [0.5, 0.6) is 5.75 Å². The van der Waals surface area contributed by atoms with Crippen LogP contribution in [0.15, 0.2) is 96.6 Å². The summed E-state index contributed by atoms with van der Waals surface area (Å²) in [6, 6.07) is 28.4. The van der Waals surface area contributed by atoms with Crippen molar-refractivity contribution in [2.75, 3.05) is 13.7 Å². The Morgan fingerprint density at radius 3 is 2.21 bits per heavy atom. The van der Waals surface area contributed by atoms with E-state index in [1.807, 2.05) is 19.1 Å². The third-order valence-electron chi connectivity index (χ3n) is 6.24. The lowest BCUT2D eigenvalue weighted by molar-refractivity contribution is 0.299. The Morgan fingerprint density at radius 2 is 1.58 bits per heavy atom. The fraction of sp³-hybridized carbons (Fsp3) is 0.276. The highest BCUT2D eigenvalue weighted by molar-refractivity contribution is 5.82. The molecule has 0 saturated heterocycles. The first-order chi connectivity index (χ1) is 16.2. The Balaban J connectivity index is 1.51. The SMILES string of the molecule is C=CNC1=NC(c2ccc(OCC)cc2)CC(c2ccc(CCc3ccccc3)cc2)N1C. The van der Waals surface area contributed by atoms with Crippen LogP contribution in [0.25, 0.3) is 0 Å². The van der Waals surface area contributed by atoms with Gasteiger partial charge in [0.2, 0.25) is 0 Å². The zero-order valence-corrected chi connectivity index (χ0v) is 19.6. The number of rotatable bonds is 8. The van der Waals surface area contributed by atoms with Crippen LogP contribution in [0.4, 0.5) is 0 Å². The number of nitrogens with one attached hydrogen (secondary N) is 1. The van der Waals surface area contributed by atoms with Crippen LogP contribution < -0.4 is 10.1 Å². The van der Waals surface area contributed by atoms with Gasteiger partial charge in [-0.15, -0.1) is 0 Å². The lowest BCUT2D eigenvalue weighted by Gasteiger charge is -2.37. The van der Waals surface area contributed by atoms with Gasteiger partial charge in [-0.1, -0.05) is 73.3 Å². The zero-order valence-electron chi connectivity index (χ0n) is 19.6. The molecule has 1 aliphatic heterocycles. The Labute approximate surface area is 197 Å². The summed E-state index contributed by atoms with van der Waals surface area (Å²) in [5.41, 5.74) is 5.24. The molecule has 1 aliphatic rings. The number of nitrogens with zero attached hydrogens (tertiary/aromatic N) is 2. The Hall–Kier alpha value is -3.53. The first kappa shape index (κ1) is 22.7. The van der Waals surface area contributed by atoms with Crippen molar-refractivity contribution in [2.45, 2.75) is 38.3 Å². The molecule has 0 radical (unpaired) electrons. The lowest BCUT2D eigenvalue weighted by atomic mass is 9.92. The molecular weight excluding hydrogens is 406 g/mol. The van der Waals surface area contributed by atoms with Gasteiger partial charge in [0, 0.05) is 7.05 Å². The molecular formula is C29H33N3O. The van der Waals surface area contributed by atoms with Gasteiger partial charge in [0.1, 0.15) is 5.75 Å². The van der Waals surface area contributed by atoms with Crippen LogP contribution in [0.2, 0.25) is 0 Å². The molecule has 2 atom stereocenters. The van der Waals surface area contributed by atoms with Crippen molar-refractivity contribution in [3.05, 3.63) is 114 Å². The third-order valence-corrected chi connectivity index (χ3v) is 6.24. The van der Waals surface area contributed by atoms with E-state index in [0.29, 0.717) is 6.61 Å². The lowest BCUT2D eigenvalue weighted by Crippen LogP contribution is -2.42. The van der Waals surface area contributed by atoms with Crippen molar-refractivity contribution in [2.24, 2.45) is 4.99 Å². The standard InChI is InChI=1S/C29H33N3O/c1-4-30-29-31-27(24-17-19-26(20-18-24)33-5-2)21-28(32(29)3)25-15-13-23(14-16-25)12-11-22-9-7-6-8-10-22/h4,6-10,13-20,27-28H,1,5,11-12,21H2,2-3H3,(H,30,31). The van der Waals surface area contributed by atoms with Gasteiger partial charge < -0.3 is 15.0 Å². The molecule has 0 amide bonds. The zero-order chi connectivity index (χ0) is 23.0. The number of aliphatic imine (C=N–C) groups is 1. The monoisotopic (exact) mass is 439 g/mol. The van der Waals surface area contributed by atoms with E-state index in [-0.39, 0.29) is 12.1 Å². The molecule has 2 unspecified atom stereocenters. The maximum absolute atomic E-state index is 5.60. The maximum Gasteiger partial charge on any atom is 0.198 e. The van der Waals surface area contributed by atoms with Gasteiger partial charge in [-0.2, -0.15) is 0 Å². The van der Waals surface area contributed by atoms with Crippen molar-refractivity contribution in [3.8, 4) is 5.75 Å². The van der Waals surface area contributed by atoms with E-state index in [0.717, 1.165) is 31.0 Å². The van der Waals surface area contributed by atoms with Gasteiger partial charge in [0.15, 0.2) is 5.96 Å². The molecule has 3 aromatic carbocycles. The number of hydrogen-bond acceptors (Lipinski definition) is 4. The second kappa shape index (κ2) is 10.9. The molecule has 33 heavy (non-hydrogen) atoms. The fourth-order valence-electron chi connectivity index (χ4n) is 4.40. The van der Waals surface area contributed by atoms with Gasteiger partial charge in [-0.3, -0.25) is 0 Å². The van der Waals surface area contributed by atoms with Gasteiger partial charge in [-0.25, -0.2) is 4.99 Å². The normalized spacial score (nSPS) is 17.9. The largest absolute Gasteiger partial charge is 0.494 e. The van der Waals surface area contributed by atoms with Gasteiger partial charge in [0.05, 0.1) is 18.7 Å². The van der Waals surface area contributed by atoms with Crippen LogP contribution in [0.3, 0.4) is 0 Å². The Bertz CT molecular complexity index is 1060. The highest BCUT2D eigenvalue weighted by Crippen LogP contribution is 2.37. The molecule has 4 rings (SSSR count). The average molecular weight is 440 g/mol. The second-order valence-electron chi connectivity index (χ2n) is 8.41. The predicted molar refractivity (Wildman–Crippen MR) is 137 cm³/mol. The Kier molecular flexibility index (Phi) is 7.46. The molecule has 0 fully saturated rings. The first-order valence-electron chi connectivity index (χ1n) is 11.7. The molecule has 0 bridgehead atoms. The van der Waals surface area contributed by atoms with Crippen molar-refractivity contribution in [1.82, 2.24) is 10.2 Å². The summed E-state index contributed by atoms with van der Waals surface area (Å²) in [5.74, 6) is 1.73. The van der Waals surface area contributed by atoms with E-state index in [1.54, 1.807) is 6.20 Å². The molecule has 0 spiro atoms. The van der Waals surface area contributed by atoms with Crippen LogP contribution in [0.1, 0.15) is 47.7 Å². The van der Waals surface area contributed by atoms with E-state index in [9.17, 15) is 0 Å². The topological polar surface area (TPSA) is 36.9 Å². The van der Waals surface area contributed by atoms with Gasteiger partial charge in [0.25, 0.3) is 0 Å². The molecule has 4 nitrogen and oxygen atoms in total. The summed E-state index contributed by atoms with van der Waals surface area (Å²) in [7, 11) is 2.09. The summed E-state index contributed by atoms with van der Waals surface area (Å²) in [6.07, 6.45) is 4.71. The average Bonchev–Trinajstić information content (AvgIpc) is 2.86. The molecule has 0 saturated carbocycles. The predicted octanol–water partition coefficient (Wildman–Crippen LogP) is 6.08. The van der Waals surface area contributed by atoms with E-state index in [1.165, 1.54) is 22.3 Å². The smallest absolute Gasteiger partial charge is 0.198 e. The van der Waals surface area contributed by atoms with E-state index >= 15 is 0 Å². The van der Waals surface area contributed by atoms with Crippen molar-refractivity contribution >= 4 is 5.96 Å². The van der Waals surface area contributed by atoms with E-state index in [2.05, 4.69) is 90.6 Å². The number of ether oxygens (including phenoxy) is 1. The minimum Gasteiger partial charge on any atom is -0.494 e. The minimum absolute atomic E-state index is 0.0714. The van der Waals surface area contributed by atoms with Crippen LogP contribution in [0, 0.1) is 0 Å². The molecule has 1 N–H and O–H groups in total. The van der Waals surface area contributed by atoms with Crippen LogP contribution in [-0.4, -0.2) is 24.5 Å². The summed E-state index contributed by atoms with van der Waals surface area (Å²) in [5, 5.41) is 3.23. The molecule has 4 heteroatoms. The highest BCUT2D eigenvalue weighted by atomic mass is 16.5. The molecule has 3 aromatic rings. The van der Waals surface area contributed by atoms with Crippen molar-refractivity contribution in [1.29, 1.82) is 0 Å². The van der Waals surface area contributed by atoms with Crippen LogP contribution in [-0.2, 0) is 12.8 Å². The van der Waals surface area contributed by atoms with E-state index in [4.69, 9.17) is 9.73 Å². The van der Waals surface area contributed by atoms with Gasteiger partial charge in [-0.05, 0) is 66.8 Å². The molecule has 1 heterocycles. The fourth-order valence-corrected chi connectivity index (χ4v) is 4.40. The van der Waals surface area contributed by atoms with Crippen molar-refractivity contribution in [3.63, 3.8) is 0 Å². The van der Waals surface area contributed by atoms with Crippen LogP contribution >= 0.6 is 0 Å². The summed E-state index contributed by atoms with van der Waals surface area (Å²) >= 11 is 0. The second-order valence-corrected chi connectivity index (χ2v) is 8.41. The molecule has 0 aromatic heterocycles. The number of hydrogen-bond donors (Lipinski definition) is 1. The first-order valence-corrected chi connectivity index (χ1v) is 11.7.